The third-order valence-electron chi connectivity index (χ3n) is 7.73. The van der Waals surface area contributed by atoms with E-state index in [1.165, 1.54) is 37.5 Å². The topological polar surface area (TPSA) is 75.7 Å². The quantitative estimate of drug-likeness (QED) is 0.729. The summed E-state index contributed by atoms with van der Waals surface area (Å²) in [6.45, 7) is 0.126. The van der Waals surface area contributed by atoms with Crippen molar-refractivity contribution in [3.8, 4) is 0 Å². The molecular weight excluding hydrogens is 399 g/mol. The van der Waals surface area contributed by atoms with Gasteiger partial charge in [0.1, 0.15) is 11.9 Å². The number of benzene rings is 1. The minimum atomic E-state index is -0.609. The van der Waals surface area contributed by atoms with Crippen LogP contribution in [0.5, 0.6) is 0 Å². The lowest BCUT2D eigenvalue weighted by atomic mass is 9.49. The van der Waals surface area contributed by atoms with Crippen LogP contribution in [0.3, 0.4) is 0 Å². The van der Waals surface area contributed by atoms with E-state index in [-0.39, 0.29) is 11.3 Å². The number of esters is 1. The van der Waals surface area contributed by atoms with Gasteiger partial charge in [0.2, 0.25) is 5.91 Å². The van der Waals surface area contributed by atoms with Crippen molar-refractivity contribution in [2.75, 3.05) is 18.5 Å². The highest BCUT2D eigenvalue weighted by Crippen LogP contribution is 2.60. The molecule has 6 nitrogen and oxygen atoms in total. The van der Waals surface area contributed by atoms with Gasteiger partial charge in [-0.25, -0.2) is 9.18 Å². The zero-order valence-electron chi connectivity index (χ0n) is 17.6. The number of carbonyl (C=O) groups excluding carboxylic acids is 3. The maximum absolute atomic E-state index is 13.6. The first-order valence-electron chi connectivity index (χ1n) is 11.4. The fourth-order valence-electron chi connectivity index (χ4n) is 6.93. The largest absolute Gasteiger partial charge is 0.454 e. The van der Waals surface area contributed by atoms with Crippen molar-refractivity contribution in [1.29, 1.82) is 0 Å². The number of ether oxygens (including phenoxy) is 1. The average molecular weight is 429 g/mol. The number of carbonyl (C=O) groups is 3. The van der Waals surface area contributed by atoms with Crippen LogP contribution in [-0.2, 0) is 19.1 Å². The van der Waals surface area contributed by atoms with Gasteiger partial charge < -0.3 is 15.0 Å². The average Bonchev–Trinajstić information content (AvgIpc) is 3.20. The Morgan fingerprint density at radius 2 is 1.77 bits per heavy atom. The van der Waals surface area contributed by atoms with Gasteiger partial charge in [-0.3, -0.25) is 9.59 Å². The van der Waals surface area contributed by atoms with Gasteiger partial charge in [0.05, 0.1) is 5.41 Å². The molecule has 0 spiro atoms. The van der Waals surface area contributed by atoms with Crippen LogP contribution >= 0.6 is 0 Å². The first-order chi connectivity index (χ1) is 14.9. The van der Waals surface area contributed by atoms with Crippen LogP contribution in [0.1, 0.15) is 51.4 Å². The number of amides is 2. The fourth-order valence-corrected chi connectivity index (χ4v) is 6.93. The number of nitrogens with zero attached hydrogens (tertiary/aromatic N) is 1. The highest BCUT2D eigenvalue weighted by Gasteiger charge is 2.57. The monoisotopic (exact) mass is 428 g/mol. The Morgan fingerprint density at radius 1 is 1.10 bits per heavy atom. The Morgan fingerprint density at radius 3 is 2.42 bits per heavy atom. The summed E-state index contributed by atoms with van der Waals surface area (Å²) in [7, 11) is 0. The first-order valence-corrected chi connectivity index (χ1v) is 11.4. The van der Waals surface area contributed by atoms with E-state index < -0.39 is 30.3 Å². The molecule has 166 valence electrons. The molecule has 0 radical (unpaired) electrons. The Balaban J connectivity index is 1.19. The van der Waals surface area contributed by atoms with E-state index in [1.54, 1.807) is 11.0 Å². The number of halogens is 1. The molecule has 7 heteroatoms. The number of likely N-dealkylation sites (tertiary alicyclic amines) is 1. The molecule has 4 saturated carbocycles. The SMILES string of the molecule is O=C(COC(=O)[C@@H]1CCCN1C(=O)C12CC3CC(CC(C3)C1)C2)Nc1cccc(F)c1. The zero-order valence-corrected chi connectivity index (χ0v) is 17.6. The molecule has 4 bridgehead atoms. The number of hydrogen-bond acceptors (Lipinski definition) is 4. The van der Waals surface area contributed by atoms with E-state index in [0.717, 1.165) is 25.7 Å². The lowest BCUT2D eigenvalue weighted by Crippen LogP contribution is -2.56. The summed E-state index contributed by atoms with van der Waals surface area (Å²) in [5.41, 5.74) is 0.0207. The standard InChI is InChI=1S/C24H29FN2O4/c25-18-3-1-4-19(10-18)26-21(28)14-31-22(29)20-5-2-6-27(20)23(30)24-11-15-7-16(12-24)9-17(8-15)13-24/h1,3-4,10,15-17,20H,2,5-9,11-14H2,(H,26,28)/t15?,16?,17?,20-,24?/m0/s1. The second-order valence-corrected chi connectivity index (χ2v) is 10.0. The lowest BCUT2D eigenvalue weighted by Gasteiger charge is -2.56. The molecule has 4 aliphatic carbocycles. The molecular formula is C24H29FN2O4. The molecule has 5 fully saturated rings. The molecule has 0 aromatic heterocycles. The number of rotatable bonds is 5. The number of nitrogens with one attached hydrogen (secondary N) is 1. The van der Waals surface area contributed by atoms with Crippen molar-refractivity contribution in [2.24, 2.45) is 23.2 Å². The molecule has 1 atom stereocenters. The number of anilines is 1. The Labute approximate surface area is 181 Å². The Bertz CT molecular complexity index is 866. The summed E-state index contributed by atoms with van der Waals surface area (Å²) in [5, 5.41) is 2.51. The van der Waals surface area contributed by atoms with Crippen LogP contribution in [-0.4, -0.2) is 41.9 Å². The summed E-state index contributed by atoms with van der Waals surface area (Å²) in [6, 6.07) is 4.92. The molecule has 0 unspecified atom stereocenters. The van der Waals surface area contributed by atoms with E-state index >= 15 is 0 Å². The van der Waals surface area contributed by atoms with Crippen LogP contribution < -0.4 is 5.32 Å². The number of hydrogen-bond donors (Lipinski definition) is 1. The molecule has 2 amide bonds. The van der Waals surface area contributed by atoms with Gasteiger partial charge in [-0.2, -0.15) is 0 Å². The van der Waals surface area contributed by atoms with Gasteiger partial charge >= 0.3 is 5.97 Å². The van der Waals surface area contributed by atoms with Crippen molar-refractivity contribution in [3.05, 3.63) is 30.1 Å². The highest BCUT2D eigenvalue weighted by molar-refractivity contribution is 5.94. The summed E-state index contributed by atoms with van der Waals surface area (Å²) in [6.07, 6.45) is 8.02. The first kappa shape index (κ1) is 20.5. The fraction of sp³-hybridized carbons (Fsp3) is 0.625. The van der Waals surface area contributed by atoms with Gasteiger partial charge in [0.15, 0.2) is 6.61 Å². The maximum atomic E-state index is 13.6. The second kappa shape index (κ2) is 7.92. The van der Waals surface area contributed by atoms with Gasteiger partial charge in [-0.1, -0.05) is 6.07 Å². The lowest BCUT2D eigenvalue weighted by molar-refractivity contribution is -0.165. The maximum Gasteiger partial charge on any atom is 0.329 e. The summed E-state index contributed by atoms with van der Waals surface area (Å²) in [4.78, 5) is 40.2. The summed E-state index contributed by atoms with van der Waals surface area (Å²) in [5.74, 6) is 0.606. The molecule has 1 N–H and O–H groups in total. The van der Waals surface area contributed by atoms with Crippen molar-refractivity contribution < 1.29 is 23.5 Å². The van der Waals surface area contributed by atoms with Crippen LogP contribution in [0, 0.1) is 29.0 Å². The van der Waals surface area contributed by atoms with Crippen LogP contribution in [0.2, 0.25) is 0 Å². The van der Waals surface area contributed by atoms with E-state index in [0.29, 0.717) is 36.4 Å². The van der Waals surface area contributed by atoms with E-state index in [1.807, 2.05) is 0 Å². The summed E-state index contributed by atoms with van der Waals surface area (Å²) < 4.78 is 18.5. The second-order valence-electron chi connectivity index (χ2n) is 10.0. The molecule has 5 aliphatic rings. The van der Waals surface area contributed by atoms with Gasteiger partial charge in [0, 0.05) is 12.2 Å². The molecule has 1 aliphatic heterocycles. The minimum Gasteiger partial charge on any atom is -0.454 e. The Hall–Kier alpha value is -2.44. The predicted molar refractivity (Wildman–Crippen MR) is 111 cm³/mol. The minimum absolute atomic E-state index is 0.135. The van der Waals surface area contributed by atoms with Crippen LogP contribution in [0.25, 0.3) is 0 Å². The third kappa shape index (κ3) is 3.94. The van der Waals surface area contributed by atoms with Crippen molar-refractivity contribution in [2.45, 2.75) is 57.4 Å². The third-order valence-corrected chi connectivity index (χ3v) is 7.73. The smallest absolute Gasteiger partial charge is 0.329 e. The van der Waals surface area contributed by atoms with Crippen LogP contribution in [0.4, 0.5) is 10.1 Å². The molecule has 1 heterocycles. The predicted octanol–water partition coefficient (Wildman–Crippen LogP) is 3.51. The summed E-state index contributed by atoms with van der Waals surface area (Å²) >= 11 is 0. The molecule has 1 saturated heterocycles. The van der Waals surface area contributed by atoms with Gasteiger partial charge in [0.25, 0.3) is 5.91 Å². The zero-order chi connectivity index (χ0) is 21.6. The van der Waals surface area contributed by atoms with E-state index in [2.05, 4.69) is 5.32 Å². The highest BCUT2D eigenvalue weighted by atomic mass is 19.1. The van der Waals surface area contributed by atoms with E-state index in [4.69, 9.17) is 4.74 Å². The molecule has 6 rings (SSSR count). The molecule has 31 heavy (non-hydrogen) atoms. The van der Waals surface area contributed by atoms with Crippen molar-refractivity contribution >= 4 is 23.5 Å². The normalized spacial score (nSPS) is 33.4. The van der Waals surface area contributed by atoms with Crippen molar-refractivity contribution in [1.82, 2.24) is 4.90 Å². The van der Waals surface area contributed by atoms with Gasteiger partial charge in [-0.05, 0) is 87.3 Å². The molecule has 1 aromatic rings. The van der Waals surface area contributed by atoms with E-state index in [9.17, 15) is 18.8 Å². The van der Waals surface area contributed by atoms with Crippen LogP contribution in [0.15, 0.2) is 24.3 Å². The van der Waals surface area contributed by atoms with Crippen molar-refractivity contribution in [3.63, 3.8) is 0 Å². The van der Waals surface area contributed by atoms with Gasteiger partial charge in [-0.15, -0.1) is 0 Å². The molecule has 1 aromatic carbocycles. The Kier molecular flexibility index (Phi) is 5.22.